The fourth-order valence-electron chi connectivity index (χ4n) is 1.49. The number of carbonyl (C=O) groups excluding carboxylic acids is 1. The zero-order valence-corrected chi connectivity index (χ0v) is 11.3. The normalized spacial score (nSPS) is 16.3. The molecule has 5 heteroatoms. The minimum absolute atomic E-state index is 0.102. The highest BCUT2D eigenvalue weighted by molar-refractivity contribution is 5.80. The molecule has 2 unspecified atom stereocenters. The van der Waals surface area contributed by atoms with Gasteiger partial charge in [-0.1, -0.05) is 0 Å². The minimum atomic E-state index is -0.999. The lowest BCUT2D eigenvalue weighted by Crippen LogP contribution is -2.48. The number of hydrogen-bond acceptors (Lipinski definition) is 5. The van der Waals surface area contributed by atoms with Gasteiger partial charge < -0.3 is 19.9 Å². The molecule has 0 heterocycles. The van der Waals surface area contributed by atoms with E-state index in [2.05, 4.69) is 0 Å². The van der Waals surface area contributed by atoms with Crippen LogP contribution < -0.4 is 5.73 Å². The van der Waals surface area contributed by atoms with Crippen LogP contribution in [-0.2, 0) is 19.0 Å². The van der Waals surface area contributed by atoms with E-state index in [1.807, 2.05) is 13.8 Å². The molecule has 0 radical (unpaired) electrons. The van der Waals surface area contributed by atoms with Crippen molar-refractivity contribution in [3.05, 3.63) is 0 Å². The molecule has 17 heavy (non-hydrogen) atoms. The summed E-state index contributed by atoms with van der Waals surface area (Å²) < 4.78 is 15.6. The van der Waals surface area contributed by atoms with Gasteiger partial charge in [0.1, 0.15) is 5.54 Å². The molecule has 0 bridgehead atoms. The Balaban J connectivity index is 3.91. The van der Waals surface area contributed by atoms with Crippen LogP contribution in [0.3, 0.4) is 0 Å². The Labute approximate surface area is 104 Å². The molecule has 0 spiro atoms. The Morgan fingerprint density at radius 1 is 1.29 bits per heavy atom. The van der Waals surface area contributed by atoms with Crippen LogP contribution in [0.5, 0.6) is 0 Å². The smallest absolute Gasteiger partial charge is 0.325 e. The molecule has 5 nitrogen and oxygen atoms in total. The first kappa shape index (κ1) is 16.4. The molecule has 102 valence electrons. The van der Waals surface area contributed by atoms with Crippen molar-refractivity contribution < 1.29 is 19.0 Å². The van der Waals surface area contributed by atoms with Gasteiger partial charge in [-0.25, -0.2) is 0 Å². The third kappa shape index (κ3) is 7.31. The van der Waals surface area contributed by atoms with Crippen molar-refractivity contribution >= 4 is 5.97 Å². The predicted octanol–water partition coefficient (Wildman–Crippen LogP) is 1.10. The van der Waals surface area contributed by atoms with Gasteiger partial charge in [-0.3, -0.25) is 4.79 Å². The molecule has 0 aliphatic heterocycles. The summed E-state index contributed by atoms with van der Waals surface area (Å²) in [5.74, 6) is -0.389. The highest BCUT2D eigenvalue weighted by Crippen LogP contribution is 2.13. The number of hydrogen-bond donors (Lipinski definition) is 1. The van der Waals surface area contributed by atoms with Crippen molar-refractivity contribution in [3.8, 4) is 0 Å². The summed E-state index contributed by atoms with van der Waals surface area (Å²) >= 11 is 0. The van der Waals surface area contributed by atoms with Gasteiger partial charge in [0.15, 0.2) is 0 Å². The first-order valence-corrected chi connectivity index (χ1v) is 6.09. The Morgan fingerprint density at radius 2 is 1.94 bits per heavy atom. The average Bonchev–Trinajstić information content (AvgIpc) is 2.24. The van der Waals surface area contributed by atoms with E-state index < -0.39 is 5.54 Å². The molecule has 0 fully saturated rings. The van der Waals surface area contributed by atoms with Crippen molar-refractivity contribution in [1.82, 2.24) is 0 Å². The van der Waals surface area contributed by atoms with E-state index in [0.29, 0.717) is 32.8 Å². The first-order valence-electron chi connectivity index (χ1n) is 6.09. The number of esters is 1. The van der Waals surface area contributed by atoms with Gasteiger partial charge in [-0.2, -0.15) is 0 Å². The van der Waals surface area contributed by atoms with Crippen LogP contribution in [0.4, 0.5) is 0 Å². The fourth-order valence-corrected chi connectivity index (χ4v) is 1.49. The van der Waals surface area contributed by atoms with E-state index in [-0.39, 0.29) is 12.1 Å². The summed E-state index contributed by atoms with van der Waals surface area (Å²) in [6, 6.07) is 0. The minimum Gasteiger partial charge on any atom is -0.465 e. The van der Waals surface area contributed by atoms with Crippen LogP contribution in [-0.4, -0.2) is 44.0 Å². The van der Waals surface area contributed by atoms with E-state index in [1.54, 1.807) is 13.8 Å². The summed E-state index contributed by atoms with van der Waals surface area (Å²) in [6.07, 6.45) is 0.327. The first-order chi connectivity index (χ1) is 7.94. The standard InChI is InChI=1S/C12H25NO4/c1-5-15-7-8-17-10(3)9-12(4,13)11(14)16-6-2/h10H,5-9,13H2,1-4H3. The maximum Gasteiger partial charge on any atom is 0.325 e. The molecule has 0 saturated heterocycles. The van der Waals surface area contributed by atoms with Crippen LogP contribution in [0.25, 0.3) is 0 Å². The molecule has 0 saturated carbocycles. The molecular weight excluding hydrogens is 222 g/mol. The predicted molar refractivity (Wildman–Crippen MR) is 65.7 cm³/mol. The summed E-state index contributed by atoms with van der Waals surface area (Å²) in [6.45, 7) is 9.32. The largest absolute Gasteiger partial charge is 0.465 e. The zero-order chi connectivity index (χ0) is 13.3. The number of carbonyl (C=O) groups is 1. The quantitative estimate of drug-likeness (QED) is 0.488. The van der Waals surface area contributed by atoms with Crippen molar-refractivity contribution in [2.45, 2.75) is 45.8 Å². The lowest BCUT2D eigenvalue weighted by atomic mass is 9.96. The lowest BCUT2D eigenvalue weighted by Gasteiger charge is -2.25. The van der Waals surface area contributed by atoms with Gasteiger partial charge in [0.25, 0.3) is 0 Å². The third-order valence-corrected chi connectivity index (χ3v) is 2.29. The average molecular weight is 247 g/mol. The van der Waals surface area contributed by atoms with Crippen LogP contribution in [0, 0.1) is 0 Å². The monoisotopic (exact) mass is 247 g/mol. The van der Waals surface area contributed by atoms with E-state index in [4.69, 9.17) is 19.9 Å². The third-order valence-electron chi connectivity index (χ3n) is 2.29. The molecule has 0 aromatic heterocycles. The van der Waals surface area contributed by atoms with Crippen molar-refractivity contribution in [2.75, 3.05) is 26.4 Å². The maximum absolute atomic E-state index is 11.5. The molecule has 2 atom stereocenters. The van der Waals surface area contributed by atoms with Crippen LogP contribution in [0.15, 0.2) is 0 Å². The summed E-state index contributed by atoms with van der Waals surface area (Å²) in [4.78, 5) is 11.5. The van der Waals surface area contributed by atoms with Gasteiger partial charge in [0.2, 0.25) is 0 Å². The molecular formula is C12H25NO4. The molecule has 2 N–H and O–H groups in total. The van der Waals surface area contributed by atoms with Gasteiger partial charge in [0, 0.05) is 13.0 Å². The SMILES string of the molecule is CCOCCOC(C)CC(C)(N)C(=O)OCC. The van der Waals surface area contributed by atoms with Crippen LogP contribution in [0.1, 0.15) is 34.1 Å². The Hall–Kier alpha value is -0.650. The fraction of sp³-hybridized carbons (Fsp3) is 0.917. The molecule has 0 aromatic rings. The summed E-state index contributed by atoms with van der Waals surface area (Å²) in [5, 5.41) is 0. The van der Waals surface area contributed by atoms with Crippen molar-refractivity contribution in [2.24, 2.45) is 5.73 Å². The summed E-state index contributed by atoms with van der Waals surface area (Å²) in [7, 11) is 0. The highest BCUT2D eigenvalue weighted by atomic mass is 16.5. The van der Waals surface area contributed by atoms with E-state index in [0.717, 1.165) is 0 Å². The lowest BCUT2D eigenvalue weighted by molar-refractivity contribution is -0.150. The number of nitrogens with two attached hydrogens (primary N) is 1. The Morgan fingerprint density at radius 3 is 2.47 bits per heavy atom. The maximum atomic E-state index is 11.5. The topological polar surface area (TPSA) is 70.8 Å². The molecule has 0 amide bonds. The molecule has 0 aromatic carbocycles. The Kier molecular flexibility index (Phi) is 8.12. The molecule has 0 aliphatic carbocycles. The second kappa shape index (κ2) is 8.44. The van der Waals surface area contributed by atoms with Crippen molar-refractivity contribution in [3.63, 3.8) is 0 Å². The summed E-state index contributed by atoms with van der Waals surface area (Å²) in [5.41, 5.74) is 4.89. The van der Waals surface area contributed by atoms with E-state index >= 15 is 0 Å². The Bertz CT molecular complexity index is 219. The van der Waals surface area contributed by atoms with Crippen LogP contribution in [0.2, 0.25) is 0 Å². The molecule has 0 rings (SSSR count). The van der Waals surface area contributed by atoms with Gasteiger partial charge in [-0.15, -0.1) is 0 Å². The van der Waals surface area contributed by atoms with E-state index in [1.165, 1.54) is 0 Å². The second-order valence-corrected chi connectivity index (χ2v) is 4.22. The second-order valence-electron chi connectivity index (χ2n) is 4.22. The van der Waals surface area contributed by atoms with Gasteiger partial charge in [-0.05, 0) is 27.7 Å². The highest BCUT2D eigenvalue weighted by Gasteiger charge is 2.32. The van der Waals surface area contributed by atoms with Gasteiger partial charge in [0.05, 0.1) is 25.9 Å². The van der Waals surface area contributed by atoms with Crippen LogP contribution >= 0.6 is 0 Å². The van der Waals surface area contributed by atoms with Crippen molar-refractivity contribution in [1.29, 1.82) is 0 Å². The van der Waals surface area contributed by atoms with Gasteiger partial charge >= 0.3 is 5.97 Å². The van der Waals surface area contributed by atoms with E-state index in [9.17, 15) is 4.79 Å². The zero-order valence-electron chi connectivity index (χ0n) is 11.3. The molecule has 0 aliphatic rings. The number of rotatable bonds is 9. The number of ether oxygens (including phenoxy) is 3.